The average molecular weight is 481 g/mol. The lowest BCUT2D eigenvalue weighted by molar-refractivity contribution is -0.0565. The molecule has 4 atom stereocenters. The number of aliphatic hydroxyl groups is 2. The number of hydrogen-bond donors (Lipinski definition) is 3. The highest BCUT2D eigenvalue weighted by Gasteiger charge is 2.45. The number of rotatable bonds is 6. The lowest BCUT2D eigenvalue weighted by atomic mass is 10.1. The number of nitrogens with zero attached hydrogens (tertiary/aromatic N) is 4. The zero-order chi connectivity index (χ0) is 23.9. The van der Waals surface area contributed by atoms with Crippen molar-refractivity contribution in [2.75, 3.05) is 12.3 Å². The molecule has 2 aromatic heterocycles. The Hall–Kier alpha value is -3.20. The van der Waals surface area contributed by atoms with Crippen molar-refractivity contribution in [3.8, 4) is 0 Å². The molecule has 176 valence electrons. The molecular weight excluding hydrogens is 461 g/mol. The van der Waals surface area contributed by atoms with Crippen LogP contribution in [-0.2, 0) is 26.1 Å². The van der Waals surface area contributed by atoms with E-state index >= 15 is 0 Å². The van der Waals surface area contributed by atoms with Gasteiger partial charge >= 0.3 is 16.2 Å². The van der Waals surface area contributed by atoms with Crippen molar-refractivity contribution in [3.63, 3.8) is 0 Å². The molecule has 1 aromatic carbocycles. The van der Waals surface area contributed by atoms with Crippen LogP contribution in [0.1, 0.15) is 29.1 Å². The molecule has 1 aliphatic heterocycles. The van der Waals surface area contributed by atoms with E-state index in [1.54, 1.807) is 6.92 Å². The quantitative estimate of drug-likeness (QED) is 0.321. The Labute approximate surface area is 187 Å². The number of halogens is 1. The minimum Gasteiger partial charge on any atom is -0.459 e. The van der Waals surface area contributed by atoms with Crippen LogP contribution in [0.25, 0.3) is 11.2 Å². The van der Waals surface area contributed by atoms with Crippen LogP contribution in [0.2, 0.25) is 0 Å². The molecule has 3 aromatic rings. The molecule has 0 amide bonds. The summed E-state index contributed by atoms with van der Waals surface area (Å²) >= 11 is 0. The third kappa shape index (κ3) is 4.25. The van der Waals surface area contributed by atoms with Crippen molar-refractivity contribution < 1.29 is 36.8 Å². The largest absolute Gasteiger partial charge is 0.459 e. The summed E-state index contributed by atoms with van der Waals surface area (Å²) in [5.74, 6) is -0.828. The number of esters is 1. The molecule has 1 aliphatic rings. The van der Waals surface area contributed by atoms with E-state index in [0.717, 1.165) is 6.07 Å². The number of fused-ring (bicyclic) bond motifs is 1. The summed E-state index contributed by atoms with van der Waals surface area (Å²) < 4.78 is 48.5. The van der Waals surface area contributed by atoms with Crippen LogP contribution >= 0.6 is 0 Å². The van der Waals surface area contributed by atoms with Gasteiger partial charge in [-0.25, -0.2) is 19.7 Å². The number of imidazole rings is 1. The molecule has 4 N–H and O–H groups in total. The highest BCUT2D eigenvalue weighted by atomic mass is 32.3. The van der Waals surface area contributed by atoms with Crippen LogP contribution in [0.15, 0.2) is 35.7 Å². The molecule has 33 heavy (non-hydrogen) atoms. The number of aliphatic hydroxyl groups excluding tert-OH is 2. The van der Waals surface area contributed by atoms with Crippen molar-refractivity contribution >= 4 is 33.2 Å². The van der Waals surface area contributed by atoms with Gasteiger partial charge in [-0.2, -0.15) is 8.42 Å². The number of benzene rings is 1. The molecule has 0 spiro atoms. The minimum absolute atomic E-state index is 0.126. The molecule has 4 rings (SSSR count). The third-order valence-corrected chi connectivity index (χ3v) is 6.23. The van der Waals surface area contributed by atoms with Gasteiger partial charge in [0.2, 0.25) is 0 Å². The average Bonchev–Trinajstić information content (AvgIpc) is 3.33. The van der Waals surface area contributed by atoms with Gasteiger partial charge in [0.1, 0.15) is 41.7 Å². The van der Waals surface area contributed by atoms with Crippen molar-refractivity contribution in [3.05, 3.63) is 42.0 Å². The Morgan fingerprint density at radius 3 is 2.73 bits per heavy atom. The minimum atomic E-state index is -5.04. The monoisotopic (exact) mass is 481 g/mol. The van der Waals surface area contributed by atoms with E-state index < -0.39 is 52.2 Å². The maximum Gasteiger partial charge on any atom is 0.338 e. The van der Waals surface area contributed by atoms with Gasteiger partial charge < -0.3 is 25.4 Å². The van der Waals surface area contributed by atoms with Gasteiger partial charge in [-0.15, -0.1) is 3.89 Å². The Morgan fingerprint density at radius 1 is 1.27 bits per heavy atom. The molecule has 1 fully saturated rings. The molecule has 14 heteroatoms. The number of anilines is 1. The lowest BCUT2D eigenvalue weighted by Crippen LogP contribution is -2.34. The highest BCUT2D eigenvalue weighted by Crippen LogP contribution is 2.32. The summed E-state index contributed by atoms with van der Waals surface area (Å²) in [6, 6.07) is 3.52. The van der Waals surface area contributed by atoms with E-state index in [4.69, 9.17) is 15.2 Å². The number of hydrogen-bond acceptors (Lipinski definition) is 11. The van der Waals surface area contributed by atoms with Crippen molar-refractivity contribution in [1.82, 2.24) is 19.5 Å². The van der Waals surface area contributed by atoms with Gasteiger partial charge in [-0.1, -0.05) is 13.0 Å². The maximum atomic E-state index is 13.6. The first-order chi connectivity index (χ1) is 15.6. The van der Waals surface area contributed by atoms with Crippen LogP contribution in [0.5, 0.6) is 0 Å². The summed E-state index contributed by atoms with van der Waals surface area (Å²) in [6.45, 7) is 1.18. The zero-order valence-electron chi connectivity index (χ0n) is 17.2. The second-order valence-corrected chi connectivity index (χ2v) is 8.66. The van der Waals surface area contributed by atoms with E-state index in [2.05, 4.69) is 15.0 Å². The summed E-state index contributed by atoms with van der Waals surface area (Å²) in [5.41, 5.74) is 6.33. The van der Waals surface area contributed by atoms with Gasteiger partial charge in [0.05, 0.1) is 11.9 Å². The topological polar surface area (TPSA) is 180 Å². The van der Waals surface area contributed by atoms with Crippen LogP contribution in [-0.4, -0.2) is 69.0 Å². The smallest absolute Gasteiger partial charge is 0.338 e. The van der Waals surface area contributed by atoms with E-state index in [-0.39, 0.29) is 34.5 Å². The first kappa shape index (κ1) is 23.0. The Bertz CT molecular complexity index is 1320. The van der Waals surface area contributed by atoms with Crippen LogP contribution in [0, 0.1) is 0 Å². The van der Waals surface area contributed by atoms with Crippen LogP contribution in [0.3, 0.4) is 0 Å². The molecule has 0 unspecified atom stereocenters. The van der Waals surface area contributed by atoms with Gasteiger partial charge in [0, 0.05) is 0 Å². The standard InChI is InChI=1S/C19H20FN5O7S/c1-2-9-3-4-10(5-12(9)33(20,29)30)19(28)31-6-11-14(26)15(27)18(32-11)25-8-24-13-16(21)22-7-23-17(13)25/h3-5,7-8,11,14-15,18,26-27H,2,6H2,1H3,(H2,21,22,23)/t11-,14-,15-,18-/m1/s1. The predicted octanol–water partition coefficient (Wildman–Crippen LogP) is 0.105. The predicted molar refractivity (Wildman–Crippen MR) is 110 cm³/mol. The zero-order valence-corrected chi connectivity index (χ0v) is 18.0. The van der Waals surface area contributed by atoms with Crippen LogP contribution < -0.4 is 5.73 Å². The number of aryl methyl sites for hydroxylation is 1. The molecule has 0 bridgehead atoms. The third-order valence-electron chi connectivity index (χ3n) is 5.32. The fraction of sp³-hybridized carbons (Fsp3) is 0.368. The summed E-state index contributed by atoms with van der Waals surface area (Å²) in [4.78, 5) is 23.8. The van der Waals surface area contributed by atoms with E-state index in [9.17, 15) is 27.3 Å². The highest BCUT2D eigenvalue weighted by molar-refractivity contribution is 7.86. The van der Waals surface area contributed by atoms with Crippen molar-refractivity contribution in [2.24, 2.45) is 0 Å². The van der Waals surface area contributed by atoms with Crippen molar-refractivity contribution in [2.45, 2.75) is 42.8 Å². The molecule has 12 nitrogen and oxygen atoms in total. The second kappa shape index (κ2) is 8.62. The van der Waals surface area contributed by atoms with Gasteiger partial charge in [-0.3, -0.25) is 4.57 Å². The summed E-state index contributed by atoms with van der Waals surface area (Å²) in [7, 11) is -5.04. The number of aromatic nitrogens is 4. The van der Waals surface area contributed by atoms with Crippen molar-refractivity contribution in [1.29, 1.82) is 0 Å². The lowest BCUT2D eigenvalue weighted by Gasteiger charge is -2.16. The van der Waals surface area contributed by atoms with E-state index in [0.29, 0.717) is 0 Å². The van der Waals surface area contributed by atoms with Gasteiger partial charge in [-0.05, 0) is 24.1 Å². The number of nitrogens with two attached hydrogens (primary N) is 1. The summed E-state index contributed by atoms with van der Waals surface area (Å²) in [5, 5.41) is 20.8. The molecular formula is C19H20FN5O7S. The molecule has 0 radical (unpaired) electrons. The van der Waals surface area contributed by atoms with E-state index in [1.807, 2.05) is 0 Å². The first-order valence-electron chi connectivity index (χ1n) is 9.81. The number of nitrogen functional groups attached to an aromatic ring is 1. The molecule has 0 saturated carbocycles. The van der Waals surface area contributed by atoms with E-state index in [1.165, 1.54) is 29.4 Å². The van der Waals surface area contributed by atoms with Gasteiger partial charge in [0.15, 0.2) is 17.7 Å². The SMILES string of the molecule is CCc1ccc(C(=O)OC[C@H]2O[C@@H](n3cnc4c(N)ncnc43)[C@H](O)[C@@H]2O)cc1S(=O)(=O)F. The fourth-order valence-corrected chi connectivity index (χ4v) is 4.39. The fourth-order valence-electron chi connectivity index (χ4n) is 3.59. The summed E-state index contributed by atoms with van der Waals surface area (Å²) in [6.07, 6.45) is -2.28. The molecule has 1 saturated heterocycles. The first-order valence-corrected chi connectivity index (χ1v) is 11.2. The normalized spacial score (nSPS) is 23.2. The molecule has 0 aliphatic carbocycles. The number of carbonyl (C=O) groups is 1. The number of carbonyl (C=O) groups excluding carboxylic acids is 1. The second-order valence-electron chi connectivity index (χ2n) is 7.34. The number of ether oxygens (including phenoxy) is 2. The molecule has 3 heterocycles. The maximum absolute atomic E-state index is 13.6. The van der Waals surface area contributed by atoms with Crippen LogP contribution in [0.4, 0.5) is 9.70 Å². The van der Waals surface area contributed by atoms with Gasteiger partial charge in [0.25, 0.3) is 0 Å². The Balaban J connectivity index is 1.49. The Morgan fingerprint density at radius 2 is 2.03 bits per heavy atom. The Kier molecular flexibility index (Phi) is 6.00.